The molecule has 0 bridgehead atoms. The number of rotatable bonds is 1. The van der Waals surface area contributed by atoms with Gasteiger partial charge >= 0.3 is 0 Å². The van der Waals surface area contributed by atoms with E-state index in [1.165, 1.54) is 55.6 Å². The molecule has 226 valence electrons. The Hall–Kier alpha value is -6.45. The molecule has 2 aliphatic carbocycles. The van der Waals surface area contributed by atoms with Gasteiger partial charge in [-0.15, -0.1) is 0 Å². The lowest BCUT2D eigenvalue weighted by molar-refractivity contribution is 0.672. The van der Waals surface area contributed by atoms with E-state index in [-0.39, 0.29) is 5.41 Å². The Bertz CT molecular complexity index is 3020. The van der Waals surface area contributed by atoms with Crippen LogP contribution in [0.25, 0.3) is 82.9 Å². The lowest BCUT2D eigenvalue weighted by atomic mass is 9.70. The average molecular weight is 623 g/mol. The number of furan rings is 1. The summed E-state index contributed by atoms with van der Waals surface area (Å²) in [6.07, 6.45) is 0. The van der Waals surface area contributed by atoms with Crippen LogP contribution in [0, 0.1) is 0 Å². The Kier molecular flexibility index (Phi) is 4.66. The van der Waals surface area contributed by atoms with E-state index in [2.05, 4.69) is 162 Å². The molecule has 0 radical (unpaired) electrons. The summed E-state index contributed by atoms with van der Waals surface area (Å²) in [5.41, 5.74) is 18.5. The van der Waals surface area contributed by atoms with E-state index in [9.17, 15) is 0 Å². The van der Waals surface area contributed by atoms with Crippen LogP contribution < -0.4 is 0 Å². The first kappa shape index (κ1) is 25.6. The molecule has 1 spiro atoms. The van der Waals surface area contributed by atoms with E-state index in [1.807, 2.05) is 0 Å². The summed E-state index contributed by atoms with van der Waals surface area (Å²) < 4.78 is 9.04. The minimum Gasteiger partial charge on any atom is -0.454 e. The second kappa shape index (κ2) is 8.91. The van der Waals surface area contributed by atoms with Crippen molar-refractivity contribution >= 4 is 49.5 Å². The van der Waals surface area contributed by atoms with Crippen molar-refractivity contribution in [3.05, 3.63) is 180 Å². The highest BCUT2D eigenvalue weighted by Gasteiger charge is 2.51. The Labute approximate surface area is 281 Å². The van der Waals surface area contributed by atoms with Gasteiger partial charge in [0.25, 0.3) is 0 Å². The van der Waals surface area contributed by atoms with Gasteiger partial charge in [-0.3, -0.25) is 4.40 Å². The first-order valence-corrected chi connectivity index (χ1v) is 16.9. The van der Waals surface area contributed by atoms with Crippen LogP contribution >= 0.6 is 0 Å². The number of fused-ring (bicyclic) bond motifs is 20. The molecule has 0 amide bonds. The van der Waals surface area contributed by atoms with Crippen LogP contribution in [0.15, 0.2) is 162 Å². The topological polar surface area (TPSA) is 30.4 Å². The van der Waals surface area contributed by atoms with Crippen molar-refractivity contribution in [3.63, 3.8) is 0 Å². The first-order valence-electron chi connectivity index (χ1n) is 16.9. The average Bonchev–Trinajstić information content (AvgIpc) is 3.90. The maximum absolute atomic E-state index is 6.74. The lowest BCUT2D eigenvalue weighted by Gasteiger charge is -2.30. The van der Waals surface area contributed by atoms with Crippen LogP contribution in [-0.4, -0.2) is 9.38 Å². The number of pyridine rings is 1. The van der Waals surface area contributed by atoms with Crippen LogP contribution in [0.2, 0.25) is 0 Å². The summed E-state index contributed by atoms with van der Waals surface area (Å²) in [5.74, 6) is 0. The van der Waals surface area contributed by atoms with Crippen molar-refractivity contribution in [1.82, 2.24) is 9.38 Å². The largest absolute Gasteiger partial charge is 0.454 e. The van der Waals surface area contributed by atoms with E-state index in [4.69, 9.17) is 9.40 Å². The molecule has 0 N–H and O–H groups in total. The Balaban J connectivity index is 1.19. The minimum atomic E-state index is -0.373. The third-order valence-electron chi connectivity index (χ3n) is 11.2. The molecule has 0 atom stereocenters. The van der Waals surface area contributed by atoms with Crippen molar-refractivity contribution in [2.24, 2.45) is 0 Å². The molecule has 3 aromatic heterocycles. The summed E-state index contributed by atoms with van der Waals surface area (Å²) in [6.45, 7) is 0. The highest BCUT2D eigenvalue weighted by atomic mass is 16.3. The predicted molar refractivity (Wildman–Crippen MR) is 199 cm³/mol. The number of benzene rings is 7. The number of hydrogen-bond donors (Lipinski definition) is 0. The highest BCUT2D eigenvalue weighted by Crippen LogP contribution is 2.64. The van der Waals surface area contributed by atoms with Crippen LogP contribution in [0.5, 0.6) is 0 Å². The van der Waals surface area contributed by atoms with Crippen molar-refractivity contribution in [3.8, 4) is 33.4 Å². The zero-order valence-corrected chi connectivity index (χ0v) is 26.3. The van der Waals surface area contributed by atoms with Gasteiger partial charge < -0.3 is 4.42 Å². The van der Waals surface area contributed by atoms with Crippen molar-refractivity contribution in [2.45, 2.75) is 5.41 Å². The van der Waals surface area contributed by atoms with Crippen LogP contribution in [0.3, 0.4) is 0 Å². The monoisotopic (exact) mass is 622 g/mol. The fraction of sp³-hybridized carbons (Fsp3) is 0.0217. The van der Waals surface area contributed by atoms with Crippen LogP contribution in [0.4, 0.5) is 0 Å². The second-order valence-corrected chi connectivity index (χ2v) is 13.4. The number of hydrogen-bond acceptors (Lipinski definition) is 2. The van der Waals surface area contributed by atoms with Gasteiger partial charge in [-0.1, -0.05) is 133 Å². The summed E-state index contributed by atoms with van der Waals surface area (Å²) in [4.78, 5) is 5.13. The molecular weight excluding hydrogens is 597 g/mol. The fourth-order valence-electron chi connectivity index (χ4n) is 9.35. The van der Waals surface area contributed by atoms with E-state index in [1.54, 1.807) is 0 Å². The summed E-state index contributed by atoms with van der Waals surface area (Å²) in [7, 11) is 0. The Morgan fingerprint density at radius 1 is 0.490 bits per heavy atom. The molecule has 49 heavy (non-hydrogen) atoms. The molecule has 0 fully saturated rings. The number of aromatic nitrogens is 2. The van der Waals surface area contributed by atoms with Gasteiger partial charge in [-0.05, 0) is 79.9 Å². The molecule has 10 aromatic rings. The number of imidazole rings is 1. The van der Waals surface area contributed by atoms with Gasteiger partial charge in [0.2, 0.25) is 0 Å². The van der Waals surface area contributed by atoms with Gasteiger partial charge in [0.05, 0.1) is 16.4 Å². The third-order valence-corrected chi connectivity index (χ3v) is 11.2. The summed E-state index contributed by atoms with van der Waals surface area (Å²) in [6, 6.07) is 57.5. The van der Waals surface area contributed by atoms with Crippen LogP contribution in [-0.2, 0) is 5.41 Å². The zero-order valence-electron chi connectivity index (χ0n) is 26.3. The van der Waals surface area contributed by atoms with Crippen molar-refractivity contribution < 1.29 is 4.42 Å². The van der Waals surface area contributed by atoms with Crippen molar-refractivity contribution in [2.75, 3.05) is 0 Å². The normalized spacial score (nSPS) is 13.9. The summed E-state index contributed by atoms with van der Waals surface area (Å²) >= 11 is 0. The lowest BCUT2D eigenvalue weighted by Crippen LogP contribution is -2.25. The third kappa shape index (κ3) is 2.99. The van der Waals surface area contributed by atoms with E-state index in [0.29, 0.717) is 0 Å². The van der Waals surface area contributed by atoms with Gasteiger partial charge in [0.15, 0.2) is 5.58 Å². The van der Waals surface area contributed by atoms with Crippen LogP contribution in [0.1, 0.15) is 22.3 Å². The molecule has 3 nitrogen and oxygen atoms in total. The standard InChI is InChI=1S/C46H26N2O/c1-2-15-32-31(14-1)44-43(48-40-23-10-9-22-39(40)47-45(32)48)34-26-27(24-25-41(34)49-44)28-17-11-21-38-42(28)33-16-5-8-20-37(33)46(38)35-18-6-3-12-29(35)30-13-4-7-19-36(30)46/h1-26H. The molecule has 3 heteroatoms. The summed E-state index contributed by atoms with van der Waals surface area (Å²) in [5, 5.41) is 3.25. The maximum Gasteiger partial charge on any atom is 0.160 e. The molecule has 0 unspecified atom stereocenters. The first-order chi connectivity index (χ1) is 24.3. The van der Waals surface area contributed by atoms with Gasteiger partial charge in [-0.2, -0.15) is 0 Å². The molecule has 12 rings (SSSR count). The Morgan fingerprint density at radius 3 is 1.90 bits per heavy atom. The van der Waals surface area contributed by atoms with Gasteiger partial charge in [0.1, 0.15) is 16.7 Å². The van der Waals surface area contributed by atoms with E-state index < -0.39 is 0 Å². The van der Waals surface area contributed by atoms with Gasteiger partial charge in [-0.25, -0.2) is 4.98 Å². The number of nitrogens with zero attached hydrogens (tertiary/aromatic N) is 2. The second-order valence-electron chi connectivity index (χ2n) is 13.4. The minimum absolute atomic E-state index is 0.373. The molecule has 2 aliphatic rings. The van der Waals surface area contributed by atoms with E-state index >= 15 is 0 Å². The Morgan fingerprint density at radius 2 is 1.10 bits per heavy atom. The fourth-order valence-corrected chi connectivity index (χ4v) is 9.35. The van der Waals surface area contributed by atoms with E-state index in [0.717, 1.165) is 49.5 Å². The SMILES string of the molecule is c1ccc2c(c1)-c1ccccc1C21c2ccccc2-c2c(-c3ccc4oc5c6ccccc6c6nc7ccccc7n6c5c4c3)cccc21. The molecule has 0 saturated heterocycles. The van der Waals surface area contributed by atoms with Crippen molar-refractivity contribution in [1.29, 1.82) is 0 Å². The molecule has 0 aliphatic heterocycles. The quantitative estimate of drug-likeness (QED) is 0.182. The molecule has 3 heterocycles. The number of para-hydroxylation sites is 2. The molecular formula is C46H26N2O. The predicted octanol–water partition coefficient (Wildman–Crippen LogP) is 11.6. The van der Waals surface area contributed by atoms with Gasteiger partial charge in [0, 0.05) is 16.2 Å². The molecule has 7 aromatic carbocycles. The molecule has 0 saturated carbocycles. The zero-order chi connectivity index (χ0) is 31.8. The smallest absolute Gasteiger partial charge is 0.160 e. The highest BCUT2D eigenvalue weighted by molar-refractivity contribution is 6.19. The maximum atomic E-state index is 6.74.